The Hall–Kier alpha value is -1.99. The van der Waals surface area contributed by atoms with Crippen molar-refractivity contribution in [1.82, 2.24) is 5.01 Å². The number of hydrogen-bond acceptors (Lipinski definition) is 4. The minimum absolute atomic E-state index is 0.178. The standard InChI is InChI=1S/C17H20ClFN2O4/c18-11-7-4-8-12(19)15(11)16(23)21(20)13(17(24)25)9-14(22)10-5-2-1-3-6-10/h4,7-8,10,13H,1-3,5-6,9,20H2,(H,24,25)/t13-/m0/s1. The van der Waals surface area contributed by atoms with Crippen LogP contribution in [0, 0.1) is 11.7 Å². The lowest BCUT2D eigenvalue weighted by molar-refractivity contribution is -0.145. The molecule has 1 fully saturated rings. The molecule has 1 aromatic rings. The summed E-state index contributed by atoms with van der Waals surface area (Å²) in [6.45, 7) is 0. The second-order valence-electron chi connectivity index (χ2n) is 6.17. The van der Waals surface area contributed by atoms with Gasteiger partial charge in [0, 0.05) is 12.3 Å². The molecule has 8 heteroatoms. The summed E-state index contributed by atoms with van der Waals surface area (Å²) in [6, 6.07) is 2.07. The molecule has 1 amide bonds. The number of nitrogens with zero attached hydrogens (tertiary/aromatic N) is 1. The smallest absolute Gasteiger partial charge is 0.328 e. The summed E-state index contributed by atoms with van der Waals surface area (Å²) in [5, 5.41) is 9.58. The zero-order chi connectivity index (χ0) is 18.6. The van der Waals surface area contributed by atoms with Crippen LogP contribution in [0.1, 0.15) is 48.9 Å². The lowest BCUT2D eigenvalue weighted by Gasteiger charge is -2.27. The summed E-state index contributed by atoms with van der Waals surface area (Å²) in [7, 11) is 0. The van der Waals surface area contributed by atoms with Crippen LogP contribution in [0.5, 0.6) is 0 Å². The molecule has 0 aromatic heterocycles. The number of carbonyl (C=O) groups is 3. The van der Waals surface area contributed by atoms with Crippen LogP contribution in [0.15, 0.2) is 18.2 Å². The van der Waals surface area contributed by atoms with Crippen LogP contribution in [0.4, 0.5) is 4.39 Å². The highest BCUT2D eigenvalue weighted by atomic mass is 35.5. The van der Waals surface area contributed by atoms with Crippen LogP contribution >= 0.6 is 11.6 Å². The third-order valence-corrected chi connectivity index (χ3v) is 4.80. The molecule has 136 valence electrons. The van der Waals surface area contributed by atoms with Crippen molar-refractivity contribution in [3.05, 3.63) is 34.6 Å². The van der Waals surface area contributed by atoms with E-state index >= 15 is 0 Å². The molecule has 0 saturated heterocycles. The average molecular weight is 371 g/mol. The van der Waals surface area contributed by atoms with Gasteiger partial charge in [-0.25, -0.2) is 15.0 Å². The predicted octanol–water partition coefficient (Wildman–Crippen LogP) is 2.79. The lowest BCUT2D eigenvalue weighted by atomic mass is 9.84. The average Bonchev–Trinajstić information content (AvgIpc) is 2.59. The predicted molar refractivity (Wildman–Crippen MR) is 89.4 cm³/mol. The number of benzene rings is 1. The van der Waals surface area contributed by atoms with Gasteiger partial charge < -0.3 is 5.11 Å². The number of carboxylic acids is 1. The number of hydrazine groups is 1. The molecule has 0 heterocycles. The summed E-state index contributed by atoms with van der Waals surface area (Å²) in [6.07, 6.45) is 3.91. The van der Waals surface area contributed by atoms with Crippen molar-refractivity contribution in [3.8, 4) is 0 Å². The van der Waals surface area contributed by atoms with Gasteiger partial charge in [-0.05, 0) is 25.0 Å². The van der Waals surface area contributed by atoms with Gasteiger partial charge in [0.15, 0.2) is 6.04 Å². The molecule has 0 radical (unpaired) electrons. The van der Waals surface area contributed by atoms with E-state index in [4.69, 9.17) is 17.4 Å². The Morgan fingerprint density at radius 1 is 1.28 bits per heavy atom. The van der Waals surface area contributed by atoms with Crippen LogP contribution in [-0.4, -0.2) is 33.8 Å². The Morgan fingerprint density at radius 2 is 1.92 bits per heavy atom. The maximum absolute atomic E-state index is 13.9. The Bertz CT molecular complexity index is 656. The third-order valence-electron chi connectivity index (χ3n) is 4.49. The topological polar surface area (TPSA) is 101 Å². The minimum atomic E-state index is -1.57. The van der Waals surface area contributed by atoms with Crippen LogP contribution in [0.3, 0.4) is 0 Å². The molecule has 0 unspecified atom stereocenters. The molecule has 0 aliphatic heterocycles. The Labute approximate surface area is 149 Å². The summed E-state index contributed by atoms with van der Waals surface area (Å²) in [5.74, 6) is 1.78. The van der Waals surface area contributed by atoms with Crippen molar-refractivity contribution in [1.29, 1.82) is 0 Å². The highest BCUT2D eigenvalue weighted by Crippen LogP contribution is 2.27. The fourth-order valence-electron chi connectivity index (χ4n) is 3.06. The van der Waals surface area contributed by atoms with Crippen molar-refractivity contribution >= 4 is 29.3 Å². The van der Waals surface area contributed by atoms with E-state index in [0.29, 0.717) is 17.9 Å². The van der Waals surface area contributed by atoms with E-state index in [1.165, 1.54) is 12.1 Å². The maximum atomic E-state index is 13.9. The minimum Gasteiger partial charge on any atom is -0.480 e. The lowest BCUT2D eigenvalue weighted by Crippen LogP contribution is -2.51. The quantitative estimate of drug-likeness (QED) is 0.455. The molecule has 3 N–H and O–H groups in total. The Morgan fingerprint density at radius 3 is 2.48 bits per heavy atom. The van der Waals surface area contributed by atoms with E-state index in [2.05, 4.69) is 0 Å². The van der Waals surface area contributed by atoms with Crippen molar-refractivity contribution in [2.45, 2.75) is 44.6 Å². The van der Waals surface area contributed by atoms with E-state index in [1.54, 1.807) is 0 Å². The second-order valence-corrected chi connectivity index (χ2v) is 6.58. The van der Waals surface area contributed by atoms with Crippen LogP contribution in [0.25, 0.3) is 0 Å². The zero-order valence-electron chi connectivity index (χ0n) is 13.6. The zero-order valence-corrected chi connectivity index (χ0v) is 14.3. The summed E-state index contributed by atoms with van der Waals surface area (Å²) in [5.41, 5.74) is -0.511. The van der Waals surface area contributed by atoms with E-state index in [9.17, 15) is 23.9 Å². The molecular weight excluding hydrogens is 351 g/mol. The molecular formula is C17H20ClFN2O4. The number of rotatable bonds is 6. The van der Waals surface area contributed by atoms with Crippen molar-refractivity contribution < 1.29 is 23.9 Å². The van der Waals surface area contributed by atoms with Crippen molar-refractivity contribution in [2.24, 2.45) is 11.8 Å². The van der Waals surface area contributed by atoms with Gasteiger partial charge in [0.2, 0.25) is 0 Å². The number of Topliss-reactive ketones (excluding diaryl/α,β-unsaturated/α-hetero) is 1. The number of nitrogens with two attached hydrogens (primary N) is 1. The largest absolute Gasteiger partial charge is 0.480 e. The fraction of sp³-hybridized carbons (Fsp3) is 0.471. The van der Waals surface area contributed by atoms with Gasteiger partial charge in [-0.15, -0.1) is 0 Å². The van der Waals surface area contributed by atoms with E-state index in [-0.39, 0.29) is 16.7 Å². The first-order chi connectivity index (χ1) is 11.8. The number of aliphatic carboxylic acids is 1. The number of halogens is 2. The molecule has 0 bridgehead atoms. The third kappa shape index (κ3) is 4.55. The van der Waals surface area contributed by atoms with Gasteiger partial charge in [0.25, 0.3) is 5.91 Å². The number of ketones is 1. The monoisotopic (exact) mass is 370 g/mol. The molecule has 1 aliphatic carbocycles. The number of carbonyl (C=O) groups excluding carboxylic acids is 2. The fourth-order valence-corrected chi connectivity index (χ4v) is 3.30. The number of amides is 1. The van der Waals surface area contributed by atoms with Gasteiger partial charge >= 0.3 is 5.97 Å². The van der Waals surface area contributed by atoms with Crippen LogP contribution in [0.2, 0.25) is 5.02 Å². The first-order valence-electron chi connectivity index (χ1n) is 8.10. The van der Waals surface area contributed by atoms with Crippen molar-refractivity contribution in [2.75, 3.05) is 0 Å². The molecule has 1 atom stereocenters. The Kier molecular flexibility index (Phi) is 6.50. The van der Waals surface area contributed by atoms with Crippen LogP contribution in [-0.2, 0) is 9.59 Å². The van der Waals surface area contributed by atoms with Gasteiger partial charge in [0.1, 0.15) is 11.6 Å². The molecule has 25 heavy (non-hydrogen) atoms. The van der Waals surface area contributed by atoms with Gasteiger partial charge in [-0.2, -0.15) is 0 Å². The summed E-state index contributed by atoms with van der Waals surface area (Å²) in [4.78, 5) is 36.3. The van der Waals surface area contributed by atoms with Gasteiger partial charge in [0.05, 0.1) is 10.6 Å². The van der Waals surface area contributed by atoms with E-state index in [0.717, 1.165) is 25.3 Å². The van der Waals surface area contributed by atoms with Crippen molar-refractivity contribution in [3.63, 3.8) is 0 Å². The van der Waals surface area contributed by atoms with Gasteiger partial charge in [-0.1, -0.05) is 36.9 Å². The van der Waals surface area contributed by atoms with Crippen LogP contribution < -0.4 is 5.84 Å². The molecule has 0 spiro atoms. The molecule has 6 nitrogen and oxygen atoms in total. The molecule has 1 saturated carbocycles. The first-order valence-corrected chi connectivity index (χ1v) is 8.48. The SMILES string of the molecule is NN(C(=O)c1c(F)cccc1Cl)[C@@H](CC(=O)C1CCCCC1)C(=O)O. The normalized spacial score (nSPS) is 16.3. The highest BCUT2D eigenvalue weighted by Gasteiger charge is 2.34. The maximum Gasteiger partial charge on any atom is 0.328 e. The molecule has 2 rings (SSSR count). The Balaban J connectivity index is 2.17. The molecule has 1 aliphatic rings. The van der Waals surface area contributed by atoms with E-state index < -0.39 is 35.7 Å². The summed E-state index contributed by atoms with van der Waals surface area (Å²) < 4.78 is 13.9. The summed E-state index contributed by atoms with van der Waals surface area (Å²) >= 11 is 5.82. The highest BCUT2D eigenvalue weighted by molar-refractivity contribution is 6.33. The number of carboxylic acid groups (broad SMARTS) is 1. The second kappa shape index (κ2) is 8.40. The molecule has 1 aromatic carbocycles. The number of hydrogen-bond donors (Lipinski definition) is 2. The van der Waals surface area contributed by atoms with Gasteiger partial charge in [-0.3, -0.25) is 14.6 Å². The first kappa shape index (κ1) is 19.3. The van der Waals surface area contributed by atoms with E-state index in [1.807, 2.05) is 0 Å².